The van der Waals surface area contributed by atoms with E-state index in [2.05, 4.69) is 23.9 Å². The van der Waals surface area contributed by atoms with Gasteiger partial charge in [-0.15, -0.1) is 0 Å². The maximum Gasteiger partial charge on any atom is 0.0917 e. The molecule has 2 rings (SSSR count). The molecule has 1 heterocycles. The Bertz CT molecular complexity index is 408. The summed E-state index contributed by atoms with van der Waals surface area (Å²) in [7, 11) is 4.20. The molecule has 1 aliphatic heterocycles. The monoisotopic (exact) mass is 263 g/mol. The van der Waals surface area contributed by atoms with Crippen molar-refractivity contribution in [1.29, 1.82) is 0 Å². The predicted octanol–water partition coefficient (Wildman–Crippen LogP) is 1.33. The highest BCUT2D eigenvalue weighted by Gasteiger charge is 2.26. The molecule has 0 amide bonds. The van der Waals surface area contributed by atoms with Gasteiger partial charge in [-0.05, 0) is 51.2 Å². The topological polar surface area (TPSA) is 52.7 Å². The normalized spacial score (nSPS) is 22.0. The molecule has 0 aromatic heterocycles. The first-order valence-corrected chi connectivity index (χ1v) is 6.98. The quantitative estimate of drug-likeness (QED) is 0.787. The van der Waals surface area contributed by atoms with Crippen molar-refractivity contribution in [2.45, 2.75) is 25.0 Å². The number of β-amino-alcohol motifs (C(OH)–C–C–N with tert-alkyl or cyclic N) is 1. The Balaban J connectivity index is 1.96. The summed E-state index contributed by atoms with van der Waals surface area (Å²) >= 11 is 0. The number of hydrogen-bond donors (Lipinski definition) is 2. The predicted molar refractivity (Wildman–Crippen MR) is 79.0 cm³/mol. The fourth-order valence-corrected chi connectivity index (χ4v) is 2.86. The van der Waals surface area contributed by atoms with E-state index in [1.54, 1.807) is 0 Å². The molecule has 1 saturated heterocycles. The lowest BCUT2D eigenvalue weighted by molar-refractivity contribution is 0.0981. The zero-order chi connectivity index (χ0) is 13.8. The summed E-state index contributed by atoms with van der Waals surface area (Å²) in [6.07, 6.45) is 2.00. The van der Waals surface area contributed by atoms with E-state index in [-0.39, 0.29) is 0 Å². The zero-order valence-electron chi connectivity index (χ0n) is 11.9. The molecule has 0 aliphatic carbocycles. The van der Waals surface area contributed by atoms with Gasteiger partial charge in [-0.1, -0.05) is 12.1 Å². The second-order valence-corrected chi connectivity index (χ2v) is 5.74. The highest BCUT2D eigenvalue weighted by molar-refractivity contribution is 5.41. The number of nitrogen functional groups attached to an aromatic ring is 1. The molecule has 0 bridgehead atoms. The van der Waals surface area contributed by atoms with Crippen LogP contribution in [0, 0.1) is 0 Å². The van der Waals surface area contributed by atoms with Crippen molar-refractivity contribution in [3.8, 4) is 0 Å². The maximum atomic E-state index is 10.3. The summed E-state index contributed by atoms with van der Waals surface area (Å²) in [5, 5.41) is 10.3. The van der Waals surface area contributed by atoms with Crippen LogP contribution in [0.1, 0.15) is 24.5 Å². The van der Waals surface area contributed by atoms with Gasteiger partial charge in [0.25, 0.3) is 0 Å². The van der Waals surface area contributed by atoms with Crippen molar-refractivity contribution in [2.75, 3.05) is 39.5 Å². The highest BCUT2D eigenvalue weighted by atomic mass is 16.3. The Morgan fingerprint density at radius 3 is 2.95 bits per heavy atom. The molecule has 106 valence electrons. The second-order valence-electron chi connectivity index (χ2n) is 5.74. The number of aliphatic hydroxyl groups is 1. The van der Waals surface area contributed by atoms with Crippen molar-refractivity contribution in [2.24, 2.45) is 0 Å². The summed E-state index contributed by atoms with van der Waals surface area (Å²) in [4.78, 5) is 4.61. The van der Waals surface area contributed by atoms with E-state index in [9.17, 15) is 5.11 Å². The molecule has 3 N–H and O–H groups in total. The van der Waals surface area contributed by atoms with Crippen LogP contribution < -0.4 is 5.73 Å². The van der Waals surface area contributed by atoms with Gasteiger partial charge in [0.2, 0.25) is 0 Å². The molecule has 19 heavy (non-hydrogen) atoms. The lowest BCUT2D eigenvalue weighted by Crippen LogP contribution is -2.39. The molecule has 2 atom stereocenters. The van der Waals surface area contributed by atoms with Crippen LogP contribution in [0.25, 0.3) is 0 Å². The number of aliphatic hydroxyl groups excluding tert-OH is 1. The molecule has 4 nitrogen and oxygen atoms in total. The van der Waals surface area contributed by atoms with E-state index in [0.29, 0.717) is 18.3 Å². The van der Waals surface area contributed by atoms with Crippen molar-refractivity contribution in [3.05, 3.63) is 29.8 Å². The molecule has 1 aliphatic rings. The lowest BCUT2D eigenvalue weighted by Gasteiger charge is -2.29. The number of hydrogen-bond acceptors (Lipinski definition) is 4. The SMILES string of the molecule is CN(C)CC1CCCN1CC(O)c1cccc(N)c1. The van der Waals surface area contributed by atoms with Gasteiger partial charge in [-0.3, -0.25) is 4.90 Å². The summed E-state index contributed by atoms with van der Waals surface area (Å²) in [6.45, 7) is 2.84. The van der Waals surface area contributed by atoms with Gasteiger partial charge in [0.15, 0.2) is 0 Å². The van der Waals surface area contributed by atoms with Crippen LogP contribution in [0.3, 0.4) is 0 Å². The first-order valence-electron chi connectivity index (χ1n) is 6.98. The minimum atomic E-state index is -0.453. The van der Waals surface area contributed by atoms with Crippen LogP contribution >= 0.6 is 0 Å². The fraction of sp³-hybridized carbons (Fsp3) is 0.600. The van der Waals surface area contributed by atoms with Crippen LogP contribution in [0.15, 0.2) is 24.3 Å². The Morgan fingerprint density at radius 1 is 1.47 bits per heavy atom. The third kappa shape index (κ3) is 3.93. The first-order chi connectivity index (χ1) is 9.06. The summed E-state index contributed by atoms with van der Waals surface area (Å²) in [5.74, 6) is 0. The molecule has 1 aromatic rings. The van der Waals surface area contributed by atoms with Gasteiger partial charge in [0, 0.05) is 24.8 Å². The maximum absolute atomic E-state index is 10.3. The Hall–Kier alpha value is -1.10. The van der Waals surface area contributed by atoms with E-state index in [0.717, 1.165) is 18.7 Å². The number of nitrogens with two attached hydrogens (primary N) is 1. The van der Waals surface area contributed by atoms with Crippen molar-refractivity contribution in [1.82, 2.24) is 9.80 Å². The lowest BCUT2D eigenvalue weighted by atomic mass is 10.1. The third-order valence-corrected chi connectivity index (χ3v) is 3.78. The summed E-state index contributed by atoms with van der Waals surface area (Å²) in [6, 6.07) is 8.11. The number of nitrogens with zero attached hydrogens (tertiary/aromatic N) is 2. The highest BCUT2D eigenvalue weighted by Crippen LogP contribution is 2.23. The van der Waals surface area contributed by atoms with Crippen molar-refractivity contribution >= 4 is 5.69 Å². The van der Waals surface area contributed by atoms with E-state index >= 15 is 0 Å². The summed E-state index contributed by atoms with van der Waals surface area (Å²) < 4.78 is 0. The van der Waals surface area contributed by atoms with E-state index < -0.39 is 6.10 Å². The number of benzene rings is 1. The number of likely N-dealkylation sites (tertiary alicyclic amines) is 1. The summed E-state index contributed by atoms with van der Waals surface area (Å²) in [5.41, 5.74) is 7.39. The molecule has 0 saturated carbocycles. The van der Waals surface area contributed by atoms with Gasteiger partial charge in [0.05, 0.1) is 6.10 Å². The van der Waals surface area contributed by atoms with Gasteiger partial charge < -0.3 is 15.7 Å². The average Bonchev–Trinajstić information content (AvgIpc) is 2.75. The number of likely N-dealkylation sites (N-methyl/N-ethyl adjacent to an activating group) is 1. The van der Waals surface area contributed by atoms with Crippen LogP contribution in [-0.2, 0) is 0 Å². The van der Waals surface area contributed by atoms with Crippen LogP contribution in [0.5, 0.6) is 0 Å². The second kappa shape index (κ2) is 6.37. The first kappa shape index (κ1) is 14.3. The average molecular weight is 263 g/mol. The van der Waals surface area contributed by atoms with Gasteiger partial charge in [-0.2, -0.15) is 0 Å². The zero-order valence-corrected chi connectivity index (χ0v) is 11.9. The Morgan fingerprint density at radius 2 is 2.26 bits per heavy atom. The van der Waals surface area contributed by atoms with Gasteiger partial charge in [0.1, 0.15) is 0 Å². The third-order valence-electron chi connectivity index (χ3n) is 3.78. The van der Waals surface area contributed by atoms with Crippen LogP contribution in [0.4, 0.5) is 5.69 Å². The van der Waals surface area contributed by atoms with E-state index in [1.165, 1.54) is 12.8 Å². The van der Waals surface area contributed by atoms with Crippen molar-refractivity contribution in [3.63, 3.8) is 0 Å². The fourth-order valence-electron chi connectivity index (χ4n) is 2.86. The number of rotatable bonds is 5. The van der Waals surface area contributed by atoms with E-state index in [1.807, 2.05) is 24.3 Å². The minimum absolute atomic E-state index is 0.453. The molecule has 0 radical (unpaired) electrons. The van der Waals surface area contributed by atoms with Crippen LogP contribution in [0.2, 0.25) is 0 Å². The van der Waals surface area contributed by atoms with Gasteiger partial charge >= 0.3 is 0 Å². The Labute approximate surface area is 115 Å². The Kier molecular flexibility index (Phi) is 4.80. The van der Waals surface area contributed by atoms with Crippen molar-refractivity contribution < 1.29 is 5.11 Å². The smallest absolute Gasteiger partial charge is 0.0917 e. The molecule has 1 fully saturated rings. The standard InChI is InChI=1S/C15H25N3O/c1-17(2)10-14-7-4-8-18(14)11-15(19)12-5-3-6-13(16)9-12/h3,5-6,9,14-15,19H,4,7-8,10-11,16H2,1-2H3. The molecule has 2 unspecified atom stereocenters. The van der Waals surface area contributed by atoms with E-state index in [4.69, 9.17) is 5.73 Å². The molecule has 0 spiro atoms. The largest absolute Gasteiger partial charge is 0.399 e. The molecule has 1 aromatic carbocycles. The molecule has 4 heteroatoms. The molecular weight excluding hydrogens is 238 g/mol. The minimum Gasteiger partial charge on any atom is -0.399 e. The van der Waals surface area contributed by atoms with Gasteiger partial charge in [-0.25, -0.2) is 0 Å². The number of anilines is 1. The van der Waals surface area contributed by atoms with Crippen LogP contribution in [-0.4, -0.2) is 54.7 Å². The molecular formula is C15H25N3O.